The molecule has 6 heteroatoms. The molecule has 0 amide bonds. The van der Waals surface area contributed by atoms with Gasteiger partial charge in [-0.2, -0.15) is 5.26 Å². The van der Waals surface area contributed by atoms with Gasteiger partial charge in [0.1, 0.15) is 29.8 Å². The standard InChI is InChI=1S/C15H12FNO3S/c1-21(18,19)15-8-3-2-5-11(15)10-20-14-7-4-6-13(16)12(14)9-17/h2-8H,10H2,1H3. The molecule has 2 rings (SSSR count). The molecule has 0 aliphatic rings. The SMILES string of the molecule is CS(=O)(=O)c1ccccc1COc1cccc(F)c1C#N. The lowest BCUT2D eigenvalue weighted by atomic mass is 10.2. The minimum absolute atomic E-state index is 0.0681. The minimum Gasteiger partial charge on any atom is -0.487 e. The van der Waals surface area contributed by atoms with Crippen LogP contribution in [0.4, 0.5) is 4.39 Å². The number of nitriles is 1. The van der Waals surface area contributed by atoms with Crippen LogP contribution in [0.3, 0.4) is 0 Å². The molecule has 0 aliphatic heterocycles. The Morgan fingerprint density at radius 3 is 2.57 bits per heavy atom. The second-order valence-electron chi connectivity index (χ2n) is 4.39. The molecular formula is C15H12FNO3S. The second-order valence-corrected chi connectivity index (χ2v) is 6.38. The summed E-state index contributed by atoms with van der Waals surface area (Å²) >= 11 is 0. The highest BCUT2D eigenvalue weighted by Crippen LogP contribution is 2.23. The molecular weight excluding hydrogens is 293 g/mol. The lowest BCUT2D eigenvalue weighted by molar-refractivity contribution is 0.300. The van der Waals surface area contributed by atoms with E-state index in [1.807, 2.05) is 0 Å². The van der Waals surface area contributed by atoms with Gasteiger partial charge in [0, 0.05) is 11.8 Å². The number of hydrogen-bond acceptors (Lipinski definition) is 4. The molecule has 0 saturated heterocycles. The lowest BCUT2D eigenvalue weighted by Crippen LogP contribution is -2.06. The summed E-state index contributed by atoms with van der Waals surface area (Å²) in [7, 11) is -3.38. The summed E-state index contributed by atoms with van der Waals surface area (Å²) in [4.78, 5) is 0.153. The van der Waals surface area contributed by atoms with Crippen LogP contribution in [-0.4, -0.2) is 14.7 Å². The van der Waals surface area contributed by atoms with E-state index in [0.717, 1.165) is 12.3 Å². The molecule has 0 atom stereocenters. The van der Waals surface area contributed by atoms with Crippen LogP contribution in [0.2, 0.25) is 0 Å². The van der Waals surface area contributed by atoms with E-state index >= 15 is 0 Å². The Kier molecular flexibility index (Phi) is 4.24. The molecule has 4 nitrogen and oxygen atoms in total. The van der Waals surface area contributed by atoms with Crippen molar-refractivity contribution in [3.05, 3.63) is 59.4 Å². The second kappa shape index (κ2) is 5.94. The highest BCUT2D eigenvalue weighted by molar-refractivity contribution is 7.90. The predicted octanol–water partition coefficient (Wildman–Crippen LogP) is 2.68. The van der Waals surface area contributed by atoms with Gasteiger partial charge in [0.05, 0.1) is 4.90 Å². The maximum Gasteiger partial charge on any atom is 0.175 e. The van der Waals surface area contributed by atoms with Gasteiger partial charge in [-0.25, -0.2) is 12.8 Å². The fourth-order valence-electron chi connectivity index (χ4n) is 1.87. The van der Waals surface area contributed by atoms with Crippen molar-refractivity contribution in [1.82, 2.24) is 0 Å². The first-order valence-electron chi connectivity index (χ1n) is 6.03. The van der Waals surface area contributed by atoms with Crippen LogP contribution >= 0.6 is 0 Å². The number of hydrogen-bond donors (Lipinski definition) is 0. The number of benzene rings is 2. The first kappa shape index (κ1) is 15.0. The summed E-state index contributed by atoms with van der Waals surface area (Å²) < 4.78 is 42.2. The summed E-state index contributed by atoms with van der Waals surface area (Å²) in [5.74, 6) is -0.591. The van der Waals surface area contributed by atoms with E-state index in [4.69, 9.17) is 10.00 Å². The van der Waals surface area contributed by atoms with Crippen LogP contribution < -0.4 is 4.74 Å². The van der Waals surface area contributed by atoms with E-state index in [-0.39, 0.29) is 22.8 Å². The molecule has 0 aromatic heterocycles. The normalized spacial score (nSPS) is 10.9. The van der Waals surface area contributed by atoms with E-state index in [0.29, 0.717) is 5.56 Å². The largest absolute Gasteiger partial charge is 0.487 e. The zero-order chi connectivity index (χ0) is 15.5. The maximum atomic E-state index is 13.4. The van der Waals surface area contributed by atoms with Crippen LogP contribution in [-0.2, 0) is 16.4 Å². The average molecular weight is 305 g/mol. The van der Waals surface area contributed by atoms with Gasteiger partial charge in [-0.05, 0) is 18.2 Å². The molecule has 2 aromatic carbocycles. The molecule has 0 unspecified atom stereocenters. The molecule has 21 heavy (non-hydrogen) atoms. The zero-order valence-corrected chi connectivity index (χ0v) is 12.0. The van der Waals surface area contributed by atoms with Crippen molar-refractivity contribution in [2.75, 3.05) is 6.26 Å². The number of halogens is 1. The highest BCUT2D eigenvalue weighted by Gasteiger charge is 2.14. The van der Waals surface area contributed by atoms with Crippen LogP contribution in [0, 0.1) is 17.1 Å². The maximum absolute atomic E-state index is 13.4. The third-order valence-corrected chi connectivity index (χ3v) is 4.04. The minimum atomic E-state index is -3.38. The molecule has 0 N–H and O–H groups in total. The summed E-state index contributed by atoms with van der Waals surface area (Å²) in [5.41, 5.74) is 0.252. The Balaban J connectivity index is 2.31. The van der Waals surface area contributed by atoms with Crippen molar-refractivity contribution < 1.29 is 17.5 Å². The smallest absolute Gasteiger partial charge is 0.175 e. The molecule has 0 heterocycles. The average Bonchev–Trinajstić information content (AvgIpc) is 2.44. The van der Waals surface area contributed by atoms with E-state index in [2.05, 4.69) is 0 Å². The van der Waals surface area contributed by atoms with E-state index < -0.39 is 15.7 Å². The Labute approximate surface area is 122 Å². The van der Waals surface area contributed by atoms with Gasteiger partial charge in [0.25, 0.3) is 0 Å². The third-order valence-electron chi connectivity index (χ3n) is 2.84. The monoisotopic (exact) mass is 305 g/mol. The first-order valence-corrected chi connectivity index (χ1v) is 7.92. The van der Waals surface area contributed by atoms with Crippen molar-refractivity contribution >= 4 is 9.84 Å². The van der Waals surface area contributed by atoms with Gasteiger partial charge in [-0.1, -0.05) is 24.3 Å². The van der Waals surface area contributed by atoms with Crippen LogP contribution in [0.1, 0.15) is 11.1 Å². The summed E-state index contributed by atoms with van der Waals surface area (Å²) in [6.07, 6.45) is 1.11. The fourth-order valence-corrected chi connectivity index (χ4v) is 2.80. The molecule has 0 bridgehead atoms. The molecule has 0 spiro atoms. The quantitative estimate of drug-likeness (QED) is 0.871. The van der Waals surface area contributed by atoms with Crippen molar-refractivity contribution in [3.63, 3.8) is 0 Å². The van der Waals surface area contributed by atoms with Gasteiger partial charge in [0.15, 0.2) is 9.84 Å². The Hall–Kier alpha value is -2.39. The lowest BCUT2D eigenvalue weighted by Gasteiger charge is -2.11. The molecule has 2 aromatic rings. The third kappa shape index (κ3) is 3.38. The van der Waals surface area contributed by atoms with Crippen molar-refractivity contribution in [1.29, 1.82) is 5.26 Å². The van der Waals surface area contributed by atoms with Crippen LogP contribution in [0.5, 0.6) is 5.75 Å². The summed E-state index contributed by atoms with van der Waals surface area (Å²) in [6, 6.07) is 12.2. The van der Waals surface area contributed by atoms with Crippen molar-refractivity contribution in [3.8, 4) is 11.8 Å². The summed E-state index contributed by atoms with van der Waals surface area (Å²) in [5, 5.41) is 8.91. The fraction of sp³-hybridized carbons (Fsp3) is 0.133. The topological polar surface area (TPSA) is 67.2 Å². The van der Waals surface area contributed by atoms with Gasteiger partial charge in [-0.15, -0.1) is 0 Å². The summed E-state index contributed by atoms with van der Waals surface area (Å²) in [6.45, 7) is -0.0681. The molecule has 0 saturated carbocycles. The predicted molar refractivity (Wildman–Crippen MR) is 75.0 cm³/mol. The van der Waals surface area contributed by atoms with E-state index in [9.17, 15) is 12.8 Å². The molecule has 108 valence electrons. The van der Waals surface area contributed by atoms with Gasteiger partial charge in [0.2, 0.25) is 0 Å². The zero-order valence-electron chi connectivity index (χ0n) is 11.2. The molecule has 0 radical (unpaired) electrons. The number of rotatable bonds is 4. The Morgan fingerprint density at radius 2 is 1.90 bits per heavy atom. The van der Waals surface area contributed by atoms with Gasteiger partial charge in [-0.3, -0.25) is 0 Å². The Bertz CT molecular complexity index is 810. The first-order chi connectivity index (χ1) is 9.93. The molecule has 0 fully saturated rings. The van der Waals surface area contributed by atoms with Crippen molar-refractivity contribution in [2.24, 2.45) is 0 Å². The van der Waals surface area contributed by atoms with E-state index in [1.54, 1.807) is 24.3 Å². The van der Waals surface area contributed by atoms with Crippen LogP contribution in [0.25, 0.3) is 0 Å². The van der Waals surface area contributed by atoms with Gasteiger partial charge < -0.3 is 4.74 Å². The van der Waals surface area contributed by atoms with E-state index in [1.165, 1.54) is 18.2 Å². The number of sulfone groups is 1. The van der Waals surface area contributed by atoms with Crippen LogP contribution in [0.15, 0.2) is 47.4 Å². The number of nitrogens with zero attached hydrogens (tertiary/aromatic N) is 1. The Morgan fingerprint density at radius 1 is 1.19 bits per heavy atom. The van der Waals surface area contributed by atoms with Gasteiger partial charge >= 0.3 is 0 Å². The number of ether oxygens (including phenoxy) is 1. The van der Waals surface area contributed by atoms with Crippen molar-refractivity contribution in [2.45, 2.75) is 11.5 Å². The highest BCUT2D eigenvalue weighted by atomic mass is 32.2. The molecule has 0 aliphatic carbocycles.